The Kier molecular flexibility index (Phi) is 6.05. The molecule has 0 bridgehead atoms. The molecule has 0 aromatic heterocycles. The van der Waals surface area contributed by atoms with E-state index in [0.717, 1.165) is 23.4 Å². The minimum atomic E-state index is -1.03. The minimum Gasteiger partial charge on any atom is -0.353 e. The molecule has 0 fully saturated rings. The van der Waals surface area contributed by atoms with E-state index in [4.69, 9.17) is 23.8 Å². The highest BCUT2D eigenvalue weighted by Crippen LogP contribution is 2.22. The lowest BCUT2D eigenvalue weighted by atomic mass is 10.2. The molecule has 0 atom stereocenters. The lowest BCUT2D eigenvalue weighted by Crippen LogP contribution is -2.35. The summed E-state index contributed by atoms with van der Waals surface area (Å²) in [6.07, 6.45) is 0. The predicted molar refractivity (Wildman–Crippen MR) is 95.4 cm³/mol. The number of hydrogen-bond donors (Lipinski definition) is 3. The third-order valence-corrected chi connectivity index (χ3v) is 3.78. The zero-order chi connectivity index (χ0) is 17.7. The summed E-state index contributed by atoms with van der Waals surface area (Å²) >= 11 is 11.1. The molecule has 3 N–H and O–H groups in total. The lowest BCUT2D eigenvalue weighted by molar-refractivity contribution is -0.115. The molecule has 0 unspecified atom stereocenters. The maximum Gasteiger partial charge on any atom is 0.243 e. The van der Waals surface area contributed by atoms with Crippen molar-refractivity contribution in [2.45, 2.75) is 6.92 Å². The average molecular weight is 370 g/mol. The lowest BCUT2D eigenvalue weighted by Gasteiger charge is -2.13. The van der Waals surface area contributed by atoms with Gasteiger partial charge < -0.3 is 16.0 Å². The van der Waals surface area contributed by atoms with Crippen LogP contribution in [0.1, 0.15) is 5.56 Å². The Morgan fingerprint density at radius 1 is 1.17 bits per heavy atom. The Bertz CT molecular complexity index is 786. The van der Waals surface area contributed by atoms with E-state index < -0.39 is 17.5 Å². The van der Waals surface area contributed by atoms with Crippen LogP contribution in [0.25, 0.3) is 0 Å². The second-order valence-electron chi connectivity index (χ2n) is 4.90. The Morgan fingerprint density at radius 3 is 2.62 bits per heavy atom. The molecule has 0 radical (unpaired) electrons. The Labute approximate surface area is 148 Å². The highest BCUT2D eigenvalue weighted by molar-refractivity contribution is 7.80. The van der Waals surface area contributed by atoms with Crippen molar-refractivity contribution in [1.29, 1.82) is 0 Å². The summed E-state index contributed by atoms with van der Waals surface area (Å²) in [4.78, 5) is 11.8. The highest BCUT2D eigenvalue weighted by Gasteiger charge is 2.08. The van der Waals surface area contributed by atoms with Crippen LogP contribution in [0.3, 0.4) is 0 Å². The second kappa shape index (κ2) is 8.03. The van der Waals surface area contributed by atoms with E-state index in [0.29, 0.717) is 5.02 Å². The van der Waals surface area contributed by atoms with Crippen LogP contribution in [-0.4, -0.2) is 17.6 Å². The zero-order valence-corrected chi connectivity index (χ0v) is 14.2. The first-order valence-electron chi connectivity index (χ1n) is 6.91. The van der Waals surface area contributed by atoms with Crippen molar-refractivity contribution >= 4 is 46.2 Å². The third kappa shape index (κ3) is 4.87. The van der Waals surface area contributed by atoms with Crippen LogP contribution in [0, 0.1) is 18.6 Å². The molecule has 8 heteroatoms. The van der Waals surface area contributed by atoms with Gasteiger partial charge in [0.1, 0.15) is 0 Å². The van der Waals surface area contributed by atoms with E-state index in [2.05, 4.69) is 16.0 Å². The first kappa shape index (κ1) is 18.1. The van der Waals surface area contributed by atoms with Gasteiger partial charge in [0.05, 0.1) is 6.54 Å². The van der Waals surface area contributed by atoms with Crippen molar-refractivity contribution in [2.24, 2.45) is 0 Å². The van der Waals surface area contributed by atoms with Gasteiger partial charge in [0.25, 0.3) is 0 Å². The number of hydrogen-bond acceptors (Lipinski definition) is 2. The fourth-order valence-corrected chi connectivity index (χ4v) is 2.21. The quantitative estimate of drug-likeness (QED) is 0.716. The van der Waals surface area contributed by atoms with Crippen molar-refractivity contribution < 1.29 is 13.6 Å². The largest absolute Gasteiger partial charge is 0.353 e. The number of halogens is 3. The van der Waals surface area contributed by atoms with Crippen LogP contribution < -0.4 is 16.0 Å². The number of carbonyl (C=O) groups is 1. The van der Waals surface area contributed by atoms with Gasteiger partial charge >= 0.3 is 0 Å². The standard InChI is InChI=1S/C16H14ClF2N3OS/c1-9-11(17)3-2-4-14(9)22-16(24)20-8-15(23)21-10-5-6-12(18)13(19)7-10/h2-7H,8H2,1H3,(H,21,23)(H2,20,22,24). The van der Waals surface area contributed by atoms with Crippen LogP contribution in [0.15, 0.2) is 36.4 Å². The van der Waals surface area contributed by atoms with Crippen molar-refractivity contribution in [1.82, 2.24) is 5.32 Å². The topological polar surface area (TPSA) is 53.2 Å². The summed E-state index contributed by atoms with van der Waals surface area (Å²) < 4.78 is 25.9. The van der Waals surface area contributed by atoms with Gasteiger partial charge in [-0.2, -0.15) is 0 Å². The second-order valence-corrected chi connectivity index (χ2v) is 5.71. The van der Waals surface area contributed by atoms with Gasteiger partial charge in [0.15, 0.2) is 16.7 Å². The number of amides is 1. The molecule has 4 nitrogen and oxygen atoms in total. The normalized spacial score (nSPS) is 10.2. The first-order valence-corrected chi connectivity index (χ1v) is 7.70. The van der Waals surface area contributed by atoms with Crippen LogP contribution in [0.2, 0.25) is 5.02 Å². The molecule has 0 aliphatic carbocycles. The van der Waals surface area contributed by atoms with E-state index in [9.17, 15) is 13.6 Å². The number of thiocarbonyl (C=S) groups is 1. The first-order chi connectivity index (χ1) is 11.4. The number of anilines is 2. The third-order valence-electron chi connectivity index (χ3n) is 3.13. The maximum atomic E-state index is 13.1. The Hall–Kier alpha value is -2.25. The molecular formula is C16H14ClF2N3OS. The number of benzene rings is 2. The SMILES string of the molecule is Cc1c(Cl)cccc1NC(=S)NCC(=O)Nc1ccc(F)c(F)c1. The molecule has 1 amide bonds. The molecule has 2 rings (SSSR count). The summed E-state index contributed by atoms with van der Waals surface area (Å²) in [6, 6.07) is 8.44. The monoisotopic (exact) mass is 369 g/mol. The van der Waals surface area contributed by atoms with Gasteiger partial charge in [-0.1, -0.05) is 17.7 Å². The van der Waals surface area contributed by atoms with Gasteiger partial charge in [0.2, 0.25) is 5.91 Å². The van der Waals surface area contributed by atoms with Crippen molar-refractivity contribution in [3.8, 4) is 0 Å². The molecule has 0 saturated carbocycles. The smallest absolute Gasteiger partial charge is 0.243 e. The maximum absolute atomic E-state index is 13.1. The van der Waals surface area contributed by atoms with Crippen molar-refractivity contribution in [3.63, 3.8) is 0 Å². The molecule has 0 heterocycles. The zero-order valence-electron chi connectivity index (χ0n) is 12.6. The van der Waals surface area contributed by atoms with Gasteiger partial charge in [-0.15, -0.1) is 0 Å². The van der Waals surface area contributed by atoms with Gasteiger partial charge in [-0.25, -0.2) is 8.78 Å². The Balaban J connectivity index is 1.86. The van der Waals surface area contributed by atoms with E-state index in [1.165, 1.54) is 6.07 Å². The Morgan fingerprint density at radius 2 is 1.92 bits per heavy atom. The molecule has 24 heavy (non-hydrogen) atoms. The molecule has 2 aromatic carbocycles. The summed E-state index contributed by atoms with van der Waals surface area (Å²) in [5.74, 6) is -2.46. The fraction of sp³-hybridized carbons (Fsp3) is 0.125. The van der Waals surface area contributed by atoms with E-state index in [-0.39, 0.29) is 17.3 Å². The van der Waals surface area contributed by atoms with Crippen LogP contribution >= 0.6 is 23.8 Å². The number of rotatable bonds is 4. The van der Waals surface area contributed by atoms with Gasteiger partial charge in [-0.3, -0.25) is 4.79 Å². The van der Waals surface area contributed by atoms with Gasteiger partial charge in [0, 0.05) is 22.5 Å². The molecular weight excluding hydrogens is 356 g/mol. The van der Waals surface area contributed by atoms with E-state index in [1.807, 2.05) is 6.92 Å². The van der Waals surface area contributed by atoms with Crippen molar-refractivity contribution in [2.75, 3.05) is 17.2 Å². The molecule has 0 spiro atoms. The van der Waals surface area contributed by atoms with Crippen LogP contribution in [-0.2, 0) is 4.79 Å². The molecule has 0 aliphatic heterocycles. The van der Waals surface area contributed by atoms with Crippen LogP contribution in [0.4, 0.5) is 20.2 Å². The van der Waals surface area contributed by atoms with Crippen molar-refractivity contribution in [3.05, 3.63) is 58.6 Å². The molecule has 0 saturated heterocycles. The predicted octanol–water partition coefficient (Wildman–Crippen LogP) is 3.85. The number of carbonyl (C=O) groups excluding carboxylic acids is 1. The number of nitrogens with one attached hydrogen (secondary N) is 3. The summed E-state index contributed by atoms with van der Waals surface area (Å²) in [5.41, 5.74) is 1.71. The summed E-state index contributed by atoms with van der Waals surface area (Å²) in [7, 11) is 0. The summed E-state index contributed by atoms with van der Waals surface area (Å²) in [6.45, 7) is 1.70. The fourth-order valence-electron chi connectivity index (χ4n) is 1.85. The van der Waals surface area contributed by atoms with Gasteiger partial charge in [-0.05, 0) is 49.0 Å². The van der Waals surface area contributed by atoms with Crippen LogP contribution in [0.5, 0.6) is 0 Å². The minimum absolute atomic E-state index is 0.134. The average Bonchev–Trinajstić information content (AvgIpc) is 2.53. The summed E-state index contributed by atoms with van der Waals surface area (Å²) in [5, 5.41) is 8.92. The molecule has 126 valence electrons. The molecule has 0 aliphatic rings. The van der Waals surface area contributed by atoms with E-state index in [1.54, 1.807) is 18.2 Å². The highest BCUT2D eigenvalue weighted by atomic mass is 35.5. The molecule has 2 aromatic rings. The van der Waals surface area contributed by atoms with E-state index >= 15 is 0 Å².